The standard InChI is InChI=1S/C15H32N2/c1-5-8-9-10-13(4)17-12-14(6-2)16-11-15(17)7-3/h13-16H,5-12H2,1-4H3. The molecule has 17 heavy (non-hydrogen) atoms. The first-order valence-electron chi connectivity index (χ1n) is 7.71. The fourth-order valence-electron chi connectivity index (χ4n) is 2.94. The summed E-state index contributed by atoms with van der Waals surface area (Å²) < 4.78 is 0. The number of hydrogen-bond acceptors (Lipinski definition) is 2. The maximum atomic E-state index is 3.68. The molecule has 0 bridgehead atoms. The van der Waals surface area contributed by atoms with Crippen molar-refractivity contribution in [2.75, 3.05) is 13.1 Å². The first-order chi connectivity index (χ1) is 8.22. The minimum Gasteiger partial charge on any atom is -0.311 e. The van der Waals surface area contributed by atoms with Crippen molar-refractivity contribution in [2.45, 2.75) is 84.3 Å². The smallest absolute Gasteiger partial charge is 0.0221 e. The zero-order valence-electron chi connectivity index (χ0n) is 12.3. The molecule has 0 amide bonds. The highest BCUT2D eigenvalue weighted by Crippen LogP contribution is 2.19. The molecular weight excluding hydrogens is 208 g/mol. The molecule has 2 heteroatoms. The summed E-state index contributed by atoms with van der Waals surface area (Å²) in [4.78, 5) is 2.76. The molecule has 1 fully saturated rings. The molecule has 0 radical (unpaired) electrons. The number of piperazine rings is 1. The van der Waals surface area contributed by atoms with Gasteiger partial charge in [0.05, 0.1) is 0 Å². The summed E-state index contributed by atoms with van der Waals surface area (Å²) >= 11 is 0. The molecule has 3 unspecified atom stereocenters. The average Bonchev–Trinajstić information content (AvgIpc) is 2.38. The van der Waals surface area contributed by atoms with Crippen LogP contribution in [0.2, 0.25) is 0 Å². The first-order valence-corrected chi connectivity index (χ1v) is 7.71. The van der Waals surface area contributed by atoms with E-state index >= 15 is 0 Å². The van der Waals surface area contributed by atoms with Gasteiger partial charge in [0.15, 0.2) is 0 Å². The molecule has 3 atom stereocenters. The van der Waals surface area contributed by atoms with Gasteiger partial charge in [0.1, 0.15) is 0 Å². The molecule has 1 aliphatic heterocycles. The van der Waals surface area contributed by atoms with Crippen LogP contribution in [0.25, 0.3) is 0 Å². The van der Waals surface area contributed by atoms with Crippen molar-refractivity contribution in [3.63, 3.8) is 0 Å². The van der Waals surface area contributed by atoms with Gasteiger partial charge in [0, 0.05) is 31.2 Å². The van der Waals surface area contributed by atoms with Gasteiger partial charge >= 0.3 is 0 Å². The normalized spacial score (nSPS) is 28.2. The third kappa shape index (κ3) is 4.59. The van der Waals surface area contributed by atoms with E-state index in [2.05, 4.69) is 37.9 Å². The monoisotopic (exact) mass is 240 g/mol. The van der Waals surface area contributed by atoms with E-state index in [0.29, 0.717) is 6.04 Å². The SMILES string of the molecule is CCCCCC(C)N1CC(CC)NCC1CC. The lowest BCUT2D eigenvalue weighted by molar-refractivity contribution is 0.0799. The van der Waals surface area contributed by atoms with Crippen molar-refractivity contribution in [2.24, 2.45) is 0 Å². The molecule has 1 rings (SSSR count). The summed E-state index contributed by atoms with van der Waals surface area (Å²) in [6.07, 6.45) is 8.04. The molecular formula is C15H32N2. The van der Waals surface area contributed by atoms with E-state index in [-0.39, 0.29) is 0 Å². The van der Waals surface area contributed by atoms with Crippen molar-refractivity contribution in [3.05, 3.63) is 0 Å². The fourth-order valence-corrected chi connectivity index (χ4v) is 2.94. The Bertz CT molecular complexity index is 193. The van der Waals surface area contributed by atoms with Gasteiger partial charge in [0.2, 0.25) is 0 Å². The number of hydrogen-bond donors (Lipinski definition) is 1. The van der Waals surface area contributed by atoms with Crippen molar-refractivity contribution in [3.8, 4) is 0 Å². The lowest BCUT2D eigenvalue weighted by Gasteiger charge is -2.43. The van der Waals surface area contributed by atoms with Crippen LogP contribution in [0.5, 0.6) is 0 Å². The molecule has 0 spiro atoms. The second kappa shape index (κ2) is 8.10. The molecule has 1 aliphatic rings. The third-order valence-corrected chi connectivity index (χ3v) is 4.30. The van der Waals surface area contributed by atoms with Crippen LogP contribution in [0.3, 0.4) is 0 Å². The topological polar surface area (TPSA) is 15.3 Å². The highest BCUT2D eigenvalue weighted by atomic mass is 15.2. The summed E-state index contributed by atoms with van der Waals surface area (Å²) in [7, 11) is 0. The number of nitrogens with one attached hydrogen (secondary N) is 1. The van der Waals surface area contributed by atoms with Gasteiger partial charge in [-0.15, -0.1) is 0 Å². The van der Waals surface area contributed by atoms with Crippen LogP contribution >= 0.6 is 0 Å². The van der Waals surface area contributed by atoms with Gasteiger partial charge in [-0.1, -0.05) is 40.0 Å². The molecule has 0 saturated carbocycles. The maximum Gasteiger partial charge on any atom is 0.0221 e. The average molecular weight is 240 g/mol. The van der Waals surface area contributed by atoms with Crippen molar-refractivity contribution in [1.29, 1.82) is 0 Å². The maximum absolute atomic E-state index is 3.68. The van der Waals surface area contributed by atoms with Crippen LogP contribution in [-0.2, 0) is 0 Å². The Morgan fingerprint density at radius 1 is 1.18 bits per heavy atom. The minimum absolute atomic E-state index is 0.714. The van der Waals surface area contributed by atoms with Crippen molar-refractivity contribution >= 4 is 0 Å². The van der Waals surface area contributed by atoms with E-state index in [0.717, 1.165) is 12.1 Å². The van der Waals surface area contributed by atoms with Crippen molar-refractivity contribution < 1.29 is 0 Å². The van der Waals surface area contributed by atoms with Crippen LogP contribution < -0.4 is 5.32 Å². The lowest BCUT2D eigenvalue weighted by Crippen LogP contribution is -2.58. The lowest BCUT2D eigenvalue weighted by atomic mass is 10.00. The van der Waals surface area contributed by atoms with Crippen LogP contribution in [0.1, 0.15) is 66.2 Å². The van der Waals surface area contributed by atoms with Gasteiger partial charge < -0.3 is 5.32 Å². The summed E-state index contributed by atoms with van der Waals surface area (Å²) in [5.41, 5.74) is 0. The highest BCUT2D eigenvalue weighted by Gasteiger charge is 2.28. The highest BCUT2D eigenvalue weighted by molar-refractivity contribution is 4.87. The predicted octanol–water partition coefficient (Wildman–Crippen LogP) is 3.42. The molecule has 1 N–H and O–H groups in total. The summed E-state index contributed by atoms with van der Waals surface area (Å²) in [6.45, 7) is 11.8. The Morgan fingerprint density at radius 3 is 2.53 bits per heavy atom. The second-order valence-corrected chi connectivity index (χ2v) is 5.62. The fraction of sp³-hybridized carbons (Fsp3) is 1.00. The summed E-state index contributed by atoms with van der Waals surface area (Å²) in [5.74, 6) is 0. The Kier molecular flexibility index (Phi) is 7.14. The molecule has 2 nitrogen and oxygen atoms in total. The van der Waals surface area contributed by atoms with Crippen LogP contribution in [0.4, 0.5) is 0 Å². The van der Waals surface area contributed by atoms with E-state index in [4.69, 9.17) is 0 Å². The van der Waals surface area contributed by atoms with Gasteiger partial charge in [0.25, 0.3) is 0 Å². The van der Waals surface area contributed by atoms with Crippen LogP contribution in [-0.4, -0.2) is 36.1 Å². The van der Waals surface area contributed by atoms with Gasteiger partial charge in [-0.2, -0.15) is 0 Å². The van der Waals surface area contributed by atoms with Gasteiger partial charge in [-0.3, -0.25) is 4.90 Å². The molecule has 0 aliphatic carbocycles. The Morgan fingerprint density at radius 2 is 1.94 bits per heavy atom. The number of unbranched alkanes of at least 4 members (excludes halogenated alkanes) is 2. The van der Waals surface area contributed by atoms with Crippen molar-refractivity contribution in [1.82, 2.24) is 10.2 Å². The van der Waals surface area contributed by atoms with E-state index in [1.807, 2.05) is 0 Å². The molecule has 102 valence electrons. The first kappa shape index (κ1) is 15.0. The minimum atomic E-state index is 0.714. The van der Waals surface area contributed by atoms with Gasteiger partial charge in [-0.05, 0) is 26.2 Å². The zero-order chi connectivity index (χ0) is 12.7. The van der Waals surface area contributed by atoms with E-state index in [9.17, 15) is 0 Å². The van der Waals surface area contributed by atoms with E-state index < -0.39 is 0 Å². The molecule has 0 aromatic heterocycles. The zero-order valence-corrected chi connectivity index (χ0v) is 12.3. The third-order valence-electron chi connectivity index (χ3n) is 4.30. The summed E-state index contributed by atoms with van der Waals surface area (Å²) in [5, 5.41) is 3.68. The van der Waals surface area contributed by atoms with E-state index in [1.54, 1.807) is 0 Å². The molecule has 0 aromatic rings. The molecule has 1 saturated heterocycles. The van der Waals surface area contributed by atoms with Gasteiger partial charge in [-0.25, -0.2) is 0 Å². The molecule has 0 aromatic carbocycles. The number of rotatable bonds is 7. The Hall–Kier alpha value is -0.0800. The summed E-state index contributed by atoms with van der Waals surface area (Å²) in [6, 6.07) is 2.24. The van der Waals surface area contributed by atoms with Crippen LogP contribution in [0, 0.1) is 0 Å². The number of nitrogens with zero attached hydrogens (tertiary/aromatic N) is 1. The quantitative estimate of drug-likeness (QED) is 0.686. The predicted molar refractivity (Wildman–Crippen MR) is 76.5 cm³/mol. The van der Waals surface area contributed by atoms with Crippen LogP contribution in [0.15, 0.2) is 0 Å². The Labute approximate surface area is 108 Å². The van der Waals surface area contributed by atoms with E-state index in [1.165, 1.54) is 51.6 Å². The molecule has 1 heterocycles. The largest absolute Gasteiger partial charge is 0.311 e. The second-order valence-electron chi connectivity index (χ2n) is 5.62. The Balaban J connectivity index is 2.44.